The Hall–Kier alpha value is -1.55. The number of ether oxygens (including phenoxy) is 1. The molecular weight excluding hydrogens is 312 g/mol. The van der Waals surface area contributed by atoms with E-state index in [1.165, 1.54) is 37.8 Å². The number of hydrogen-bond donors (Lipinski definition) is 0. The van der Waals surface area contributed by atoms with Crippen molar-refractivity contribution in [2.75, 3.05) is 26.7 Å². The molecule has 0 unspecified atom stereocenters. The van der Waals surface area contributed by atoms with Crippen molar-refractivity contribution in [3.05, 3.63) is 29.8 Å². The maximum Gasteiger partial charge on any atom is 0.226 e. The summed E-state index contributed by atoms with van der Waals surface area (Å²) in [5, 5.41) is 0. The van der Waals surface area contributed by atoms with E-state index in [9.17, 15) is 4.79 Å². The van der Waals surface area contributed by atoms with Gasteiger partial charge in [0.25, 0.3) is 0 Å². The minimum atomic E-state index is 0.200. The molecule has 0 bridgehead atoms. The van der Waals surface area contributed by atoms with Crippen molar-refractivity contribution in [2.24, 2.45) is 5.92 Å². The quantitative estimate of drug-likeness (QED) is 0.823. The molecule has 2 heterocycles. The van der Waals surface area contributed by atoms with Crippen LogP contribution < -0.4 is 4.74 Å². The van der Waals surface area contributed by atoms with Gasteiger partial charge >= 0.3 is 0 Å². The van der Waals surface area contributed by atoms with E-state index in [2.05, 4.69) is 28.9 Å². The summed E-state index contributed by atoms with van der Waals surface area (Å²) in [4.78, 5) is 18.0. The van der Waals surface area contributed by atoms with Gasteiger partial charge in [0.05, 0.1) is 7.11 Å². The van der Waals surface area contributed by atoms with Crippen LogP contribution in [0, 0.1) is 5.92 Å². The molecule has 1 saturated carbocycles. The lowest BCUT2D eigenvalue weighted by atomic mass is 10.0. The van der Waals surface area contributed by atoms with Gasteiger partial charge in [0.15, 0.2) is 0 Å². The van der Waals surface area contributed by atoms with Gasteiger partial charge in [-0.25, -0.2) is 0 Å². The van der Waals surface area contributed by atoms with Gasteiger partial charge in [0, 0.05) is 24.5 Å². The molecule has 1 aromatic carbocycles. The van der Waals surface area contributed by atoms with Crippen LogP contribution in [-0.4, -0.2) is 54.5 Å². The van der Waals surface area contributed by atoms with Crippen molar-refractivity contribution in [3.8, 4) is 5.75 Å². The van der Waals surface area contributed by atoms with Gasteiger partial charge in [-0.2, -0.15) is 0 Å². The van der Waals surface area contributed by atoms with Crippen LogP contribution in [0.15, 0.2) is 24.3 Å². The van der Waals surface area contributed by atoms with Crippen LogP contribution >= 0.6 is 0 Å². The van der Waals surface area contributed by atoms with Crippen molar-refractivity contribution in [2.45, 2.75) is 57.0 Å². The number of methoxy groups -OCH3 is 1. The molecule has 136 valence electrons. The first-order valence-electron chi connectivity index (χ1n) is 9.91. The molecule has 0 spiro atoms. The van der Waals surface area contributed by atoms with Crippen molar-refractivity contribution in [1.29, 1.82) is 0 Å². The Balaban J connectivity index is 1.42. The second kappa shape index (κ2) is 6.99. The van der Waals surface area contributed by atoms with Crippen LogP contribution in [0.5, 0.6) is 5.75 Å². The lowest BCUT2D eigenvalue weighted by Crippen LogP contribution is -2.48. The van der Waals surface area contributed by atoms with Crippen LogP contribution in [0.25, 0.3) is 0 Å². The molecule has 3 fully saturated rings. The van der Waals surface area contributed by atoms with E-state index in [-0.39, 0.29) is 5.92 Å². The zero-order chi connectivity index (χ0) is 17.4. The highest BCUT2D eigenvalue weighted by Crippen LogP contribution is 2.49. The van der Waals surface area contributed by atoms with E-state index in [0.717, 1.165) is 25.3 Å². The number of benzene rings is 1. The van der Waals surface area contributed by atoms with Gasteiger partial charge in [-0.3, -0.25) is 9.69 Å². The Morgan fingerprint density at radius 2 is 1.84 bits per heavy atom. The van der Waals surface area contributed by atoms with E-state index in [1.807, 2.05) is 12.1 Å². The average molecular weight is 342 g/mol. The predicted molar refractivity (Wildman–Crippen MR) is 98.8 cm³/mol. The van der Waals surface area contributed by atoms with Gasteiger partial charge in [-0.05, 0) is 68.8 Å². The van der Waals surface area contributed by atoms with E-state index >= 15 is 0 Å². The van der Waals surface area contributed by atoms with Crippen molar-refractivity contribution < 1.29 is 9.53 Å². The third-order valence-corrected chi connectivity index (χ3v) is 6.50. The van der Waals surface area contributed by atoms with Crippen molar-refractivity contribution in [1.82, 2.24) is 9.80 Å². The Morgan fingerprint density at radius 3 is 2.56 bits per heavy atom. The standard InChI is InChI=1S/C21H30N2O2/c1-3-22-12-4-6-19(22)20-7-5-13-23(20)21(24)18-14-17(18)15-8-10-16(25-2)11-9-15/h8-11,17-20H,3-7,12-14H2,1-2H3/t17-,18+,19-,20+/m1/s1. The molecule has 4 nitrogen and oxygen atoms in total. The maximum absolute atomic E-state index is 13.2. The first kappa shape index (κ1) is 16.9. The third-order valence-electron chi connectivity index (χ3n) is 6.50. The SMILES string of the molecule is CCN1CCC[C@@H]1[C@@H]1CCCN1C(=O)[C@H]1C[C@@H]1c1ccc(OC)cc1. The Labute approximate surface area is 151 Å². The number of rotatable bonds is 5. The van der Waals surface area contributed by atoms with Crippen LogP contribution in [-0.2, 0) is 4.79 Å². The molecule has 2 saturated heterocycles. The lowest BCUT2D eigenvalue weighted by molar-refractivity contribution is -0.134. The minimum absolute atomic E-state index is 0.200. The van der Waals surface area contributed by atoms with Crippen molar-refractivity contribution in [3.63, 3.8) is 0 Å². The topological polar surface area (TPSA) is 32.8 Å². The number of hydrogen-bond acceptors (Lipinski definition) is 3. The minimum Gasteiger partial charge on any atom is -0.497 e. The Kier molecular flexibility index (Phi) is 4.72. The molecule has 0 aromatic heterocycles. The maximum atomic E-state index is 13.2. The summed E-state index contributed by atoms with van der Waals surface area (Å²) in [7, 11) is 1.69. The monoisotopic (exact) mass is 342 g/mol. The summed E-state index contributed by atoms with van der Waals surface area (Å²) in [5.74, 6) is 1.90. The van der Waals surface area contributed by atoms with Gasteiger partial charge in [-0.15, -0.1) is 0 Å². The van der Waals surface area contributed by atoms with Crippen molar-refractivity contribution >= 4 is 5.91 Å². The van der Waals surface area contributed by atoms with Crippen LogP contribution in [0.1, 0.15) is 50.5 Å². The molecule has 4 rings (SSSR count). The fourth-order valence-corrected chi connectivity index (χ4v) is 5.05. The lowest BCUT2D eigenvalue weighted by Gasteiger charge is -2.34. The highest BCUT2D eigenvalue weighted by atomic mass is 16.5. The fraction of sp³-hybridized carbons (Fsp3) is 0.667. The molecular formula is C21H30N2O2. The second-order valence-corrected chi connectivity index (χ2v) is 7.80. The first-order chi connectivity index (χ1) is 12.2. The summed E-state index contributed by atoms with van der Waals surface area (Å²) in [6.07, 6.45) is 5.91. The summed E-state index contributed by atoms with van der Waals surface area (Å²) in [6, 6.07) is 9.29. The number of likely N-dealkylation sites (tertiary alicyclic amines) is 2. The van der Waals surface area contributed by atoms with Crippen LogP contribution in [0.3, 0.4) is 0 Å². The molecule has 3 aliphatic rings. The smallest absolute Gasteiger partial charge is 0.226 e. The zero-order valence-corrected chi connectivity index (χ0v) is 15.5. The van der Waals surface area contributed by atoms with Gasteiger partial charge < -0.3 is 9.64 Å². The Bertz CT molecular complexity index is 615. The fourth-order valence-electron chi connectivity index (χ4n) is 5.05. The normalized spacial score (nSPS) is 32.2. The van der Waals surface area contributed by atoms with Crippen LogP contribution in [0.4, 0.5) is 0 Å². The predicted octanol–water partition coefficient (Wildman–Crippen LogP) is 3.27. The molecule has 1 aliphatic carbocycles. The first-order valence-corrected chi connectivity index (χ1v) is 9.91. The number of carbonyl (C=O) groups is 1. The number of nitrogens with zero attached hydrogens (tertiary/aromatic N) is 2. The van der Waals surface area contributed by atoms with E-state index in [1.54, 1.807) is 7.11 Å². The molecule has 2 aliphatic heterocycles. The number of likely N-dealkylation sites (N-methyl/N-ethyl adjacent to an activating group) is 1. The molecule has 1 aromatic rings. The number of amides is 1. The van der Waals surface area contributed by atoms with Gasteiger partial charge in [0.1, 0.15) is 5.75 Å². The van der Waals surface area contributed by atoms with Gasteiger partial charge in [-0.1, -0.05) is 19.1 Å². The summed E-state index contributed by atoms with van der Waals surface area (Å²) in [5.41, 5.74) is 1.28. The molecule has 4 heteroatoms. The highest BCUT2D eigenvalue weighted by molar-refractivity contribution is 5.83. The van der Waals surface area contributed by atoms with Gasteiger partial charge in [0.2, 0.25) is 5.91 Å². The molecule has 0 N–H and O–H groups in total. The summed E-state index contributed by atoms with van der Waals surface area (Å²) < 4.78 is 5.24. The largest absolute Gasteiger partial charge is 0.497 e. The zero-order valence-electron chi connectivity index (χ0n) is 15.5. The highest BCUT2D eigenvalue weighted by Gasteiger charge is 2.49. The molecule has 0 radical (unpaired) electrons. The summed E-state index contributed by atoms with van der Waals surface area (Å²) >= 11 is 0. The summed E-state index contributed by atoms with van der Waals surface area (Å²) in [6.45, 7) is 5.53. The van der Waals surface area contributed by atoms with Crippen LogP contribution in [0.2, 0.25) is 0 Å². The third kappa shape index (κ3) is 3.17. The second-order valence-electron chi connectivity index (χ2n) is 7.80. The molecule has 4 atom stereocenters. The van der Waals surface area contributed by atoms with E-state index in [4.69, 9.17) is 4.74 Å². The number of carbonyl (C=O) groups excluding carboxylic acids is 1. The molecule has 1 amide bonds. The van der Waals surface area contributed by atoms with E-state index < -0.39 is 0 Å². The average Bonchev–Trinajstić information content (AvgIpc) is 3.07. The molecule has 25 heavy (non-hydrogen) atoms. The van der Waals surface area contributed by atoms with E-state index in [0.29, 0.717) is 23.9 Å². The Morgan fingerprint density at radius 1 is 1.12 bits per heavy atom.